The molecule has 0 unspecified atom stereocenters. The fourth-order valence-electron chi connectivity index (χ4n) is 2.90. The van der Waals surface area contributed by atoms with Crippen LogP contribution in [0.25, 0.3) is 16.8 Å². The van der Waals surface area contributed by atoms with E-state index in [0.717, 1.165) is 27.6 Å². The smallest absolute Gasteiger partial charge is 0.264 e. The molecule has 3 aromatic rings. The Bertz CT molecular complexity index is 1120. The normalized spacial score (nSPS) is 17.0. The van der Waals surface area contributed by atoms with Gasteiger partial charge in [0, 0.05) is 10.9 Å². The number of nitrogens with one attached hydrogen (secondary N) is 1. The summed E-state index contributed by atoms with van der Waals surface area (Å²) in [6.45, 7) is 0. The zero-order valence-corrected chi connectivity index (χ0v) is 15.9. The van der Waals surface area contributed by atoms with Crippen LogP contribution in [0.15, 0.2) is 81.8 Å². The van der Waals surface area contributed by atoms with E-state index < -0.39 is 0 Å². The summed E-state index contributed by atoms with van der Waals surface area (Å²) >= 11 is 1.28. The Balaban J connectivity index is 1.55. The molecule has 28 heavy (non-hydrogen) atoms. The molecule has 0 aromatic heterocycles. The quantitative estimate of drug-likeness (QED) is 0.409. The molecule has 5 nitrogen and oxygen atoms in total. The highest BCUT2D eigenvalue weighted by molar-refractivity contribution is 8.18. The van der Waals surface area contributed by atoms with Crippen LogP contribution in [0.3, 0.4) is 0 Å². The summed E-state index contributed by atoms with van der Waals surface area (Å²) in [6.07, 6.45) is 3.52. The molecule has 0 atom stereocenters. The second-order valence-electron chi connectivity index (χ2n) is 6.03. The van der Waals surface area contributed by atoms with E-state index in [0.29, 0.717) is 10.1 Å². The number of hydrogen-bond acceptors (Lipinski definition) is 5. The average Bonchev–Trinajstić information content (AvgIpc) is 3.08. The molecule has 6 heteroatoms. The zero-order valence-electron chi connectivity index (χ0n) is 15.1. The van der Waals surface area contributed by atoms with E-state index >= 15 is 0 Å². The number of ether oxygens (including phenoxy) is 1. The van der Waals surface area contributed by atoms with Gasteiger partial charge < -0.3 is 4.74 Å². The van der Waals surface area contributed by atoms with E-state index in [4.69, 9.17) is 4.74 Å². The highest BCUT2D eigenvalue weighted by Crippen LogP contribution is 2.28. The zero-order chi connectivity index (χ0) is 19.3. The second kappa shape index (κ2) is 8.10. The van der Waals surface area contributed by atoms with E-state index in [-0.39, 0.29) is 5.91 Å². The van der Waals surface area contributed by atoms with Gasteiger partial charge in [-0.1, -0.05) is 54.6 Å². The maximum absolute atomic E-state index is 12.1. The lowest BCUT2D eigenvalue weighted by Gasteiger charge is -2.07. The predicted octanol–water partition coefficient (Wildman–Crippen LogP) is 4.44. The monoisotopic (exact) mass is 387 g/mol. The molecular formula is C22H17N3O2S. The Morgan fingerprint density at radius 3 is 2.50 bits per heavy atom. The molecule has 3 aromatic carbocycles. The third-order valence-electron chi connectivity index (χ3n) is 4.23. The van der Waals surface area contributed by atoms with E-state index in [2.05, 4.69) is 15.5 Å². The van der Waals surface area contributed by atoms with Crippen molar-refractivity contribution in [3.8, 4) is 5.75 Å². The van der Waals surface area contributed by atoms with E-state index in [9.17, 15) is 4.79 Å². The fourth-order valence-corrected chi connectivity index (χ4v) is 3.68. The number of thioether (sulfide) groups is 1. The first-order chi connectivity index (χ1) is 13.7. The minimum atomic E-state index is -0.169. The van der Waals surface area contributed by atoms with Crippen LogP contribution in [0.4, 0.5) is 0 Å². The predicted molar refractivity (Wildman–Crippen MR) is 116 cm³/mol. The molecule has 138 valence electrons. The van der Waals surface area contributed by atoms with Gasteiger partial charge in [-0.3, -0.25) is 10.1 Å². The third kappa shape index (κ3) is 3.82. The van der Waals surface area contributed by atoms with Gasteiger partial charge in [0.1, 0.15) is 5.75 Å². The van der Waals surface area contributed by atoms with Gasteiger partial charge in [0.15, 0.2) is 5.17 Å². The largest absolute Gasteiger partial charge is 0.496 e. The van der Waals surface area contributed by atoms with E-state index in [1.54, 1.807) is 13.3 Å². The summed E-state index contributed by atoms with van der Waals surface area (Å²) in [5.41, 5.74) is 1.89. The molecule has 0 saturated carbocycles. The minimum Gasteiger partial charge on any atom is -0.496 e. The molecule has 1 aliphatic rings. The van der Waals surface area contributed by atoms with Crippen molar-refractivity contribution in [3.63, 3.8) is 0 Å². The van der Waals surface area contributed by atoms with Crippen molar-refractivity contribution in [2.24, 2.45) is 10.2 Å². The van der Waals surface area contributed by atoms with Gasteiger partial charge in [-0.25, -0.2) is 0 Å². The van der Waals surface area contributed by atoms with Crippen LogP contribution in [0.1, 0.15) is 11.1 Å². The molecule has 4 rings (SSSR count). The Morgan fingerprint density at radius 2 is 1.71 bits per heavy atom. The molecule has 0 radical (unpaired) electrons. The minimum absolute atomic E-state index is 0.169. The van der Waals surface area contributed by atoms with Crippen molar-refractivity contribution in [2.45, 2.75) is 0 Å². The summed E-state index contributed by atoms with van der Waals surface area (Å²) < 4.78 is 5.41. The Hall–Kier alpha value is -3.38. The van der Waals surface area contributed by atoms with Gasteiger partial charge in [0.2, 0.25) is 0 Å². The van der Waals surface area contributed by atoms with Gasteiger partial charge in [0.25, 0.3) is 5.91 Å². The number of benzene rings is 3. The van der Waals surface area contributed by atoms with Crippen LogP contribution in [-0.2, 0) is 4.79 Å². The lowest BCUT2D eigenvalue weighted by atomic mass is 10.0. The molecule has 1 aliphatic heterocycles. The number of carbonyl (C=O) groups is 1. The summed E-state index contributed by atoms with van der Waals surface area (Å²) in [5, 5.41) is 13.6. The first kappa shape index (κ1) is 18.0. The van der Waals surface area contributed by atoms with Gasteiger partial charge >= 0.3 is 0 Å². The summed E-state index contributed by atoms with van der Waals surface area (Å²) in [7, 11) is 1.65. The Kier molecular flexibility index (Phi) is 5.21. The molecule has 1 fully saturated rings. The lowest BCUT2D eigenvalue weighted by Crippen LogP contribution is -2.19. The van der Waals surface area contributed by atoms with Crippen LogP contribution in [-0.4, -0.2) is 24.4 Å². The van der Waals surface area contributed by atoms with Crippen molar-refractivity contribution < 1.29 is 9.53 Å². The van der Waals surface area contributed by atoms with Crippen LogP contribution < -0.4 is 10.1 Å². The number of amides is 1. The Morgan fingerprint density at radius 1 is 0.964 bits per heavy atom. The average molecular weight is 387 g/mol. The number of carbonyl (C=O) groups excluding carboxylic acids is 1. The number of nitrogens with zero attached hydrogens (tertiary/aromatic N) is 2. The van der Waals surface area contributed by atoms with Gasteiger partial charge in [0.05, 0.1) is 18.2 Å². The molecule has 0 spiro atoms. The highest BCUT2D eigenvalue weighted by atomic mass is 32.2. The summed E-state index contributed by atoms with van der Waals surface area (Å²) in [6, 6.07) is 21.5. The van der Waals surface area contributed by atoms with Crippen LogP contribution in [0, 0.1) is 0 Å². The van der Waals surface area contributed by atoms with Crippen molar-refractivity contribution in [3.05, 3.63) is 82.8 Å². The van der Waals surface area contributed by atoms with E-state index in [1.807, 2.05) is 72.8 Å². The summed E-state index contributed by atoms with van der Waals surface area (Å²) in [4.78, 5) is 12.7. The maximum atomic E-state index is 12.1. The van der Waals surface area contributed by atoms with Crippen LogP contribution in [0.5, 0.6) is 5.75 Å². The Labute approximate surface area is 166 Å². The van der Waals surface area contributed by atoms with Gasteiger partial charge in [-0.05, 0) is 40.9 Å². The maximum Gasteiger partial charge on any atom is 0.264 e. The number of fused-ring (bicyclic) bond motifs is 1. The van der Waals surface area contributed by atoms with Crippen molar-refractivity contribution in [2.75, 3.05) is 7.11 Å². The number of methoxy groups -OCH3 is 1. The van der Waals surface area contributed by atoms with Gasteiger partial charge in [-0.2, -0.15) is 5.10 Å². The van der Waals surface area contributed by atoms with E-state index in [1.165, 1.54) is 11.8 Å². The molecule has 0 bridgehead atoms. The topological polar surface area (TPSA) is 63.1 Å². The third-order valence-corrected chi connectivity index (χ3v) is 5.13. The van der Waals surface area contributed by atoms with Crippen LogP contribution >= 0.6 is 11.8 Å². The van der Waals surface area contributed by atoms with Crippen molar-refractivity contribution >= 4 is 45.9 Å². The lowest BCUT2D eigenvalue weighted by molar-refractivity contribution is -0.115. The molecular weight excluding hydrogens is 370 g/mol. The molecule has 0 aliphatic carbocycles. The second-order valence-corrected chi connectivity index (χ2v) is 7.06. The summed E-state index contributed by atoms with van der Waals surface area (Å²) in [5.74, 6) is 0.645. The first-order valence-corrected chi connectivity index (χ1v) is 9.49. The molecule has 1 N–H and O–H groups in total. The molecule has 1 saturated heterocycles. The number of hydrogen-bond donors (Lipinski definition) is 1. The van der Waals surface area contributed by atoms with Crippen molar-refractivity contribution in [1.82, 2.24) is 5.32 Å². The standard InChI is InChI=1S/C22H17N3O2S/c1-27-19-12-11-16(17-9-5-6-10-18(17)19)14-23-25-22-24-21(26)20(28-22)13-15-7-3-2-4-8-15/h2-14H,1H3,(H,24,25,26)/b20-13-,23-14-. The van der Waals surface area contributed by atoms with Crippen LogP contribution in [0.2, 0.25) is 0 Å². The first-order valence-electron chi connectivity index (χ1n) is 8.67. The molecule has 1 heterocycles. The van der Waals surface area contributed by atoms with Gasteiger partial charge in [-0.15, -0.1) is 5.10 Å². The molecule has 1 amide bonds. The number of rotatable bonds is 4. The van der Waals surface area contributed by atoms with Crippen molar-refractivity contribution in [1.29, 1.82) is 0 Å². The SMILES string of the molecule is COc1ccc(/C=N\N=C2\NC(=O)/C(=C/c3ccccc3)S2)c2ccccc12. The highest BCUT2D eigenvalue weighted by Gasteiger charge is 2.23. The fraction of sp³-hybridized carbons (Fsp3) is 0.0455. The number of amidine groups is 1.